The number of hydrogen-bond donors (Lipinski definition) is 2. The molecule has 0 spiro atoms. The normalized spacial score (nSPS) is 12.2. The minimum absolute atomic E-state index is 0.183. The summed E-state index contributed by atoms with van der Waals surface area (Å²) >= 11 is 0. The third-order valence-electron chi connectivity index (χ3n) is 2.51. The fraction of sp³-hybridized carbons (Fsp3) is 0.500. The molecule has 1 aromatic rings. The molecule has 6 heteroatoms. The minimum atomic E-state index is -1.00. The highest BCUT2D eigenvalue weighted by atomic mass is 32.2. The van der Waals surface area contributed by atoms with E-state index < -0.39 is 16.8 Å². The van der Waals surface area contributed by atoms with Crippen molar-refractivity contribution in [3.05, 3.63) is 23.0 Å². The Kier molecular flexibility index (Phi) is 5.27. The van der Waals surface area contributed by atoms with Gasteiger partial charge in [0.15, 0.2) is 0 Å². The Hall–Kier alpha value is -1.43. The van der Waals surface area contributed by atoms with Gasteiger partial charge in [-0.05, 0) is 19.9 Å². The van der Waals surface area contributed by atoms with E-state index in [1.54, 1.807) is 13.0 Å². The van der Waals surface area contributed by atoms with Crippen LogP contribution in [0.15, 0.2) is 6.07 Å². The van der Waals surface area contributed by atoms with E-state index in [0.29, 0.717) is 29.4 Å². The van der Waals surface area contributed by atoms with Crippen LogP contribution >= 0.6 is 0 Å². The second-order valence-electron chi connectivity index (χ2n) is 3.94. The SMILES string of the molecule is CCS(=O)CCNc1cc(C)nc(C)c1C(=O)O. The topological polar surface area (TPSA) is 79.3 Å². The molecule has 18 heavy (non-hydrogen) atoms. The second-order valence-corrected chi connectivity index (χ2v) is 5.80. The number of nitrogens with one attached hydrogen (secondary N) is 1. The van der Waals surface area contributed by atoms with Crippen LogP contribution in [0.1, 0.15) is 28.7 Å². The summed E-state index contributed by atoms with van der Waals surface area (Å²) in [5.74, 6) is 0.122. The molecule has 0 aliphatic rings. The number of carbonyl (C=O) groups is 1. The molecule has 0 radical (unpaired) electrons. The van der Waals surface area contributed by atoms with E-state index in [2.05, 4.69) is 10.3 Å². The van der Waals surface area contributed by atoms with Crippen LogP contribution in [-0.4, -0.2) is 38.3 Å². The van der Waals surface area contributed by atoms with Crippen molar-refractivity contribution in [1.82, 2.24) is 4.98 Å². The van der Waals surface area contributed by atoms with E-state index in [1.807, 2.05) is 13.8 Å². The average molecular weight is 270 g/mol. The van der Waals surface area contributed by atoms with Gasteiger partial charge >= 0.3 is 5.97 Å². The molecule has 1 aromatic heterocycles. The fourth-order valence-corrected chi connectivity index (χ4v) is 2.30. The van der Waals surface area contributed by atoms with Crippen LogP contribution in [0.4, 0.5) is 5.69 Å². The lowest BCUT2D eigenvalue weighted by atomic mass is 10.1. The van der Waals surface area contributed by atoms with Crippen molar-refractivity contribution in [2.45, 2.75) is 20.8 Å². The molecule has 0 saturated carbocycles. The number of carboxylic acids is 1. The van der Waals surface area contributed by atoms with Crippen LogP contribution < -0.4 is 5.32 Å². The van der Waals surface area contributed by atoms with E-state index in [9.17, 15) is 9.00 Å². The molecule has 0 aromatic carbocycles. The first-order chi connectivity index (χ1) is 8.45. The number of hydrogen-bond acceptors (Lipinski definition) is 4. The van der Waals surface area contributed by atoms with Gasteiger partial charge in [0.1, 0.15) is 5.56 Å². The van der Waals surface area contributed by atoms with E-state index in [1.165, 1.54) is 0 Å². The minimum Gasteiger partial charge on any atom is -0.478 e. The molecule has 0 fully saturated rings. The summed E-state index contributed by atoms with van der Waals surface area (Å²) in [6, 6.07) is 1.70. The summed E-state index contributed by atoms with van der Waals surface area (Å²) < 4.78 is 11.3. The van der Waals surface area contributed by atoms with Crippen LogP contribution in [0.5, 0.6) is 0 Å². The molecule has 0 aliphatic carbocycles. The van der Waals surface area contributed by atoms with Crippen LogP contribution in [0.2, 0.25) is 0 Å². The Morgan fingerprint density at radius 3 is 2.72 bits per heavy atom. The lowest BCUT2D eigenvalue weighted by Gasteiger charge is -2.12. The Balaban J connectivity index is 2.87. The molecule has 1 unspecified atom stereocenters. The maximum absolute atomic E-state index is 11.3. The highest BCUT2D eigenvalue weighted by molar-refractivity contribution is 7.84. The number of rotatable bonds is 6. The summed E-state index contributed by atoms with van der Waals surface area (Å²) in [4.78, 5) is 15.3. The first-order valence-corrected chi connectivity index (χ1v) is 7.25. The summed E-state index contributed by atoms with van der Waals surface area (Å²) in [6.45, 7) is 5.84. The monoisotopic (exact) mass is 270 g/mol. The van der Waals surface area contributed by atoms with E-state index >= 15 is 0 Å². The second kappa shape index (κ2) is 6.49. The van der Waals surface area contributed by atoms with Gasteiger partial charge in [-0.2, -0.15) is 0 Å². The zero-order valence-corrected chi connectivity index (χ0v) is 11.6. The van der Waals surface area contributed by atoms with Gasteiger partial charge in [-0.3, -0.25) is 9.19 Å². The molecule has 0 amide bonds. The fourth-order valence-electron chi connectivity index (χ4n) is 1.68. The van der Waals surface area contributed by atoms with Gasteiger partial charge in [0.25, 0.3) is 0 Å². The number of carboxylic acid groups (broad SMARTS) is 1. The Labute approximate surface area is 109 Å². The lowest BCUT2D eigenvalue weighted by molar-refractivity contribution is 0.0696. The number of pyridine rings is 1. The van der Waals surface area contributed by atoms with Crippen molar-refractivity contribution in [2.75, 3.05) is 23.4 Å². The maximum Gasteiger partial charge on any atom is 0.339 e. The molecule has 1 atom stereocenters. The van der Waals surface area contributed by atoms with E-state index in [4.69, 9.17) is 5.11 Å². The molecule has 1 heterocycles. The van der Waals surface area contributed by atoms with Crippen molar-refractivity contribution < 1.29 is 14.1 Å². The predicted molar refractivity (Wildman–Crippen MR) is 72.7 cm³/mol. The van der Waals surface area contributed by atoms with E-state index in [-0.39, 0.29) is 5.56 Å². The third kappa shape index (κ3) is 3.80. The van der Waals surface area contributed by atoms with Crippen molar-refractivity contribution >= 4 is 22.5 Å². The summed E-state index contributed by atoms with van der Waals surface area (Å²) in [5.41, 5.74) is 1.97. The quantitative estimate of drug-likeness (QED) is 0.820. The number of aryl methyl sites for hydroxylation is 2. The van der Waals surface area contributed by atoms with Crippen molar-refractivity contribution in [2.24, 2.45) is 0 Å². The smallest absolute Gasteiger partial charge is 0.339 e. The average Bonchev–Trinajstić information content (AvgIpc) is 2.27. The molecule has 0 saturated heterocycles. The highest BCUT2D eigenvalue weighted by Gasteiger charge is 2.15. The van der Waals surface area contributed by atoms with Crippen LogP contribution in [0.3, 0.4) is 0 Å². The molecule has 5 nitrogen and oxygen atoms in total. The first kappa shape index (κ1) is 14.6. The van der Waals surface area contributed by atoms with Gasteiger partial charge in [-0.25, -0.2) is 4.79 Å². The molecule has 1 rings (SSSR count). The number of nitrogens with zero attached hydrogens (tertiary/aromatic N) is 1. The van der Waals surface area contributed by atoms with Crippen molar-refractivity contribution in [3.63, 3.8) is 0 Å². The molecule has 0 bridgehead atoms. The third-order valence-corrected chi connectivity index (χ3v) is 3.81. The van der Waals surface area contributed by atoms with Crippen molar-refractivity contribution in [3.8, 4) is 0 Å². The zero-order chi connectivity index (χ0) is 13.7. The molecule has 100 valence electrons. The van der Waals surface area contributed by atoms with Gasteiger partial charge in [0.05, 0.1) is 11.4 Å². The lowest BCUT2D eigenvalue weighted by Crippen LogP contribution is -2.15. The van der Waals surface area contributed by atoms with Gasteiger partial charge < -0.3 is 10.4 Å². The molecular formula is C12H18N2O3S. The summed E-state index contributed by atoms with van der Waals surface area (Å²) in [7, 11) is -0.854. The number of anilines is 1. The molecular weight excluding hydrogens is 252 g/mol. The maximum atomic E-state index is 11.3. The van der Waals surface area contributed by atoms with E-state index in [0.717, 1.165) is 5.69 Å². The molecule has 0 aliphatic heterocycles. The largest absolute Gasteiger partial charge is 0.478 e. The van der Waals surface area contributed by atoms with Crippen LogP contribution in [0, 0.1) is 13.8 Å². The van der Waals surface area contributed by atoms with Gasteiger partial charge in [-0.1, -0.05) is 6.92 Å². The summed E-state index contributed by atoms with van der Waals surface area (Å²) in [5, 5.41) is 12.2. The zero-order valence-electron chi connectivity index (χ0n) is 10.8. The van der Waals surface area contributed by atoms with Gasteiger partial charge in [0, 0.05) is 34.5 Å². The summed E-state index contributed by atoms with van der Waals surface area (Å²) in [6.07, 6.45) is 0. The highest BCUT2D eigenvalue weighted by Crippen LogP contribution is 2.19. The number of aromatic carboxylic acids is 1. The predicted octanol–water partition coefficient (Wildman–Crippen LogP) is 1.58. The number of aromatic nitrogens is 1. The van der Waals surface area contributed by atoms with Crippen molar-refractivity contribution in [1.29, 1.82) is 0 Å². The molecule has 2 N–H and O–H groups in total. The van der Waals surface area contributed by atoms with Gasteiger partial charge in [0.2, 0.25) is 0 Å². The first-order valence-electron chi connectivity index (χ1n) is 5.76. The Morgan fingerprint density at radius 1 is 1.50 bits per heavy atom. The van der Waals surface area contributed by atoms with Crippen LogP contribution in [0.25, 0.3) is 0 Å². The Morgan fingerprint density at radius 2 is 2.17 bits per heavy atom. The van der Waals surface area contributed by atoms with Gasteiger partial charge in [-0.15, -0.1) is 0 Å². The Bertz CT molecular complexity index is 475. The van der Waals surface area contributed by atoms with Crippen LogP contribution in [-0.2, 0) is 10.8 Å². The standard InChI is InChI=1S/C12H18N2O3S/c1-4-18(17)6-5-13-10-7-8(2)14-9(3)11(10)12(15)16/h7H,4-6H2,1-3H3,(H,13,14)(H,15,16).